The molecule has 6 nitrogen and oxygen atoms in total. The van der Waals surface area contributed by atoms with E-state index in [0.29, 0.717) is 5.56 Å². The molecule has 4 aromatic rings. The molecule has 0 fully saturated rings. The number of carboxylic acid groups (broad SMARTS) is 1. The molecule has 0 atom stereocenters. The highest BCUT2D eigenvalue weighted by Crippen LogP contribution is 2.37. The Bertz CT molecular complexity index is 1410. The van der Waals surface area contributed by atoms with Gasteiger partial charge in [-0.3, -0.25) is 10.1 Å². The van der Waals surface area contributed by atoms with Crippen molar-refractivity contribution in [2.45, 2.75) is 19.5 Å². The van der Waals surface area contributed by atoms with Gasteiger partial charge >= 0.3 is 12.3 Å². The van der Waals surface area contributed by atoms with Crippen LogP contribution in [0.2, 0.25) is 0 Å². The van der Waals surface area contributed by atoms with Gasteiger partial charge in [-0.1, -0.05) is 30.3 Å². The zero-order valence-electron chi connectivity index (χ0n) is 18.7. The fourth-order valence-electron chi connectivity index (χ4n) is 3.97. The third-order valence-electron chi connectivity index (χ3n) is 5.62. The third-order valence-corrected chi connectivity index (χ3v) is 5.62. The molecule has 0 bridgehead atoms. The molecule has 4 rings (SSSR count). The van der Waals surface area contributed by atoms with Gasteiger partial charge in [0.2, 0.25) is 0 Å². The van der Waals surface area contributed by atoms with Crippen molar-refractivity contribution >= 4 is 34.2 Å². The predicted octanol–water partition coefficient (Wildman–Crippen LogP) is 6.73. The summed E-state index contributed by atoms with van der Waals surface area (Å²) in [5.74, 6) is -0.202. The Labute approximate surface area is 199 Å². The highest BCUT2D eigenvalue weighted by molar-refractivity contribution is 5.97. The fourth-order valence-corrected chi connectivity index (χ4v) is 3.97. The van der Waals surface area contributed by atoms with Crippen LogP contribution in [0.3, 0.4) is 0 Å². The summed E-state index contributed by atoms with van der Waals surface area (Å²) in [6.45, 7) is 1.27. The van der Waals surface area contributed by atoms with Crippen molar-refractivity contribution in [3.63, 3.8) is 0 Å². The van der Waals surface area contributed by atoms with Crippen molar-refractivity contribution in [3.05, 3.63) is 89.6 Å². The van der Waals surface area contributed by atoms with Gasteiger partial charge in [-0.15, -0.1) is 0 Å². The molecular weight excluding hydrogens is 459 g/mol. The van der Waals surface area contributed by atoms with Crippen LogP contribution in [0.4, 0.5) is 29.3 Å². The normalized spacial score (nSPS) is 11.4. The van der Waals surface area contributed by atoms with Crippen LogP contribution in [-0.4, -0.2) is 28.1 Å². The number of carbonyl (C=O) groups is 2. The Hall–Kier alpha value is -4.27. The largest absolute Gasteiger partial charge is 0.465 e. The maximum atomic E-state index is 13.3. The van der Waals surface area contributed by atoms with Crippen LogP contribution in [0, 0.1) is 6.92 Å². The second-order valence-electron chi connectivity index (χ2n) is 8.04. The van der Waals surface area contributed by atoms with E-state index >= 15 is 0 Å². The molecule has 0 aliphatic rings. The number of alkyl halides is 3. The molecule has 0 radical (unpaired) electrons. The number of hydrogen-bond acceptors (Lipinski definition) is 3. The van der Waals surface area contributed by atoms with Gasteiger partial charge in [0.15, 0.2) is 5.78 Å². The van der Waals surface area contributed by atoms with E-state index in [2.05, 4.69) is 10.6 Å². The minimum absolute atomic E-state index is 0.00236. The fraction of sp³-hybridized carbons (Fsp3) is 0.154. The first-order valence-electron chi connectivity index (χ1n) is 10.8. The van der Waals surface area contributed by atoms with E-state index in [1.54, 1.807) is 18.2 Å². The topological polar surface area (TPSA) is 83.4 Å². The van der Waals surface area contributed by atoms with Crippen LogP contribution < -0.4 is 10.6 Å². The molecule has 3 N–H and O–H groups in total. The van der Waals surface area contributed by atoms with Crippen molar-refractivity contribution < 1.29 is 27.9 Å². The Morgan fingerprint density at radius 2 is 1.74 bits per heavy atom. The summed E-state index contributed by atoms with van der Waals surface area (Å²) in [5.41, 5.74) is 1.21. The maximum Gasteiger partial charge on any atom is 0.416 e. The number of aryl methyl sites for hydroxylation is 1. The van der Waals surface area contributed by atoms with Gasteiger partial charge in [0.1, 0.15) is 0 Å². The quantitative estimate of drug-likeness (QED) is 0.256. The van der Waals surface area contributed by atoms with Gasteiger partial charge in [0, 0.05) is 30.4 Å². The lowest BCUT2D eigenvalue weighted by Gasteiger charge is -2.17. The predicted molar refractivity (Wildman–Crippen MR) is 129 cm³/mol. The molecule has 0 aliphatic carbocycles. The van der Waals surface area contributed by atoms with Crippen molar-refractivity contribution in [2.24, 2.45) is 0 Å². The second kappa shape index (κ2) is 9.54. The first kappa shape index (κ1) is 23.9. The number of fused-ring (bicyclic) bond motifs is 1. The van der Waals surface area contributed by atoms with Crippen LogP contribution in [0.15, 0.2) is 72.9 Å². The average Bonchev–Trinajstić information content (AvgIpc) is 3.23. The van der Waals surface area contributed by atoms with Crippen molar-refractivity contribution in [3.8, 4) is 5.69 Å². The number of carbonyl (C=O) groups excluding carboxylic acids is 1. The van der Waals surface area contributed by atoms with Crippen LogP contribution >= 0.6 is 0 Å². The summed E-state index contributed by atoms with van der Waals surface area (Å²) in [6, 6.07) is 18.9. The molecule has 1 amide bonds. The standard InChI is InChI=1S/C26H22F3N3O3/c1-16-13-22(31-25(34)35)21(15-20(16)26(27,28)29)30-11-9-24(33)18-6-4-7-19(14-18)32-12-10-17-5-2-3-8-23(17)32/h2-8,10,12-15,30-31H,9,11H2,1H3,(H,34,35). The molecule has 0 saturated carbocycles. The van der Waals surface area contributed by atoms with E-state index < -0.39 is 17.8 Å². The number of nitrogens with zero attached hydrogens (tertiary/aromatic N) is 1. The van der Waals surface area contributed by atoms with Gasteiger partial charge in [0.05, 0.1) is 22.5 Å². The average molecular weight is 481 g/mol. The SMILES string of the molecule is Cc1cc(NC(=O)O)c(NCCC(=O)c2cccc(-n3ccc4ccccc43)c2)cc1C(F)(F)F. The molecule has 1 heterocycles. The van der Waals surface area contributed by atoms with Gasteiger partial charge in [-0.05, 0) is 54.3 Å². The van der Waals surface area contributed by atoms with Crippen LogP contribution in [0.5, 0.6) is 0 Å². The van der Waals surface area contributed by atoms with Crippen molar-refractivity contribution in [1.29, 1.82) is 0 Å². The zero-order valence-corrected chi connectivity index (χ0v) is 18.7. The van der Waals surface area contributed by atoms with E-state index in [0.717, 1.165) is 28.7 Å². The monoisotopic (exact) mass is 481 g/mol. The number of para-hydroxylation sites is 1. The molecule has 1 aromatic heterocycles. The smallest absolute Gasteiger partial charge is 0.416 e. The Kier molecular flexibility index (Phi) is 6.50. The third kappa shape index (κ3) is 5.29. The molecule has 0 aliphatic heterocycles. The minimum atomic E-state index is -4.60. The zero-order chi connectivity index (χ0) is 25.2. The van der Waals surface area contributed by atoms with Crippen LogP contribution in [0.1, 0.15) is 27.9 Å². The van der Waals surface area contributed by atoms with E-state index in [1.165, 1.54) is 6.92 Å². The number of rotatable bonds is 7. The Balaban J connectivity index is 1.51. The minimum Gasteiger partial charge on any atom is -0.465 e. The maximum absolute atomic E-state index is 13.3. The van der Waals surface area contributed by atoms with Gasteiger partial charge in [-0.2, -0.15) is 13.2 Å². The Morgan fingerprint density at radius 1 is 0.971 bits per heavy atom. The number of benzene rings is 3. The van der Waals surface area contributed by atoms with Crippen molar-refractivity contribution in [1.82, 2.24) is 4.57 Å². The molecule has 9 heteroatoms. The lowest BCUT2D eigenvalue weighted by Crippen LogP contribution is -2.15. The summed E-state index contributed by atoms with van der Waals surface area (Å²) in [7, 11) is 0. The number of amides is 1. The van der Waals surface area contributed by atoms with E-state index in [-0.39, 0.29) is 35.7 Å². The van der Waals surface area contributed by atoms with E-state index in [4.69, 9.17) is 5.11 Å². The first-order valence-corrected chi connectivity index (χ1v) is 10.8. The molecule has 3 aromatic carbocycles. The van der Waals surface area contributed by atoms with Gasteiger partial charge < -0.3 is 15.0 Å². The van der Waals surface area contributed by atoms with Crippen LogP contribution in [0.25, 0.3) is 16.6 Å². The summed E-state index contributed by atoms with van der Waals surface area (Å²) in [4.78, 5) is 23.9. The van der Waals surface area contributed by atoms with Gasteiger partial charge in [-0.25, -0.2) is 4.79 Å². The summed E-state index contributed by atoms with van der Waals surface area (Å²) >= 11 is 0. The molecule has 180 valence electrons. The van der Waals surface area contributed by atoms with E-state index in [1.807, 2.05) is 47.2 Å². The van der Waals surface area contributed by atoms with Crippen molar-refractivity contribution in [2.75, 3.05) is 17.2 Å². The number of halogens is 3. The highest BCUT2D eigenvalue weighted by atomic mass is 19.4. The molecule has 0 saturated heterocycles. The lowest BCUT2D eigenvalue weighted by atomic mass is 10.0. The van der Waals surface area contributed by atoms with E-state index in [9.17, 15) is 22.8 Å². The number of nitrogens with one attached hydrogen (secondary N) is 2. The number of anilines is 2. The summed E-state index contributed by atoms with van der Waals surface area (Å²) < 4.78 is 41.9. The number of hydrogen-bond donors (Lipinski definition) is 3. The second-order valence-corrected chi connectivity index (χ2v) is 8.04. The summed E-state index contributed by atoms with van der Waals surface area (Å²) in [6.07, 6.45) is -4.08. The Morgan fingerprint density at radius 3 is 2.49 bits per heavy atom. The number of aromatic nitrogens is 1. The molecular formula is C26H22F3N3O3. The number of ketones is 1. The first-order chi connectivity index (χ1) is 16.6. The van der Waals surface area contributed by atoms with Gasteiger partial charge in [0.25, 0.3) is 0 Å². The number of Topliss-reactive ketones (excluding diaryl/α,β-unsaturated/α-hetero) is 1. The summed E-state index contributed by atoms with van der Waals surface area (Å²) in [5, 5.41) is 15.0. The lowest BCUT2D eigenvalue weighted by molar-refractivity contribution is -0.138. The molecule has 0 unspecified atom stereocenters. The van der Waals surface area contributed by atoms with Crippen LogP contribution in [-0.2, 0) is 6.18 Å². The molecule has 35 heavy (non-hydrogen) atoms. The highest BCUT2D eigenvalue weighted by Gasteiger charge is 2.33. The molecule has 0 spiro atoms.